The molecule has 0 unspecified atom stereocenters. The van der Waals surface area contributed by atoms with E-state index in [1.165, 1.54) is 17.5 Å². The number of methoxy groups -OCH3 is 1. The third kappa shape index (κ3) is 4.95. The van der Waals surface area contributed by atoms with Crippen LogP contribution in [0.5, 0.6) is 11.5 Å². The third-order valence-corrected chi connectivity index (χ3v) is 5.23. The van der Waals surface area contributed by atoms with E-state index in [9.17, 15) is 0 Å². The monoisotopic (exact) mass is 410 g/mol. The van der Waals surface area contributed by atoms with Gasteiger partial charge in [0.05, 0.1) is 12.8 Å². The molecule has 1 aliphatic heterocycles. The molecule has 2 aromatic carbocycles. The number of benzene rings is 2. The van der Waals surface area contributed by atoms with Gasteiger partial charge < -0.3 is 19.5 Å². The highest BCUT2D eigenvalue weighted by atomic mass is 16.5. The van der Waals surface area contributed by atoms with Crippen LogP contribution in [0.15, 0.2) is 42.5 Å². The summed E-state index contributed by atoms with van der Waals surface area (Å²) >= 11 is 0. The van der Waals surface area contributed by atoms with E-state index in [0.29, 0.717) is 23.4 Å². The maximum atomic E-state index is 5.98. The Morgan fingerprint density at radius 3 is 2.80 bits per heavy atom. The van der Waals surface area contributed by atoms with E-state index in [4.69, 9.17) is 14.2 Å². The molecule has 8 heteroatoms. The zero-order valence-corrected chi connectivity index (χ0v) is 17.5. The summed E-state index contributed by atoms with van der Waals surface area (Å²) in [5.74, 6) is 1.99. The number of aryl methyl sites for hydroxylation is 1. The quantitative estimate of drug-likeness (QED) is 0.579. The fourth-order valence-electron chi connectivity index (χ4n) is 3.55. The number of hydrogen-bond acceptors (Lipinski definition) is 6. The first kappa shape index (κ1) is 20.3. The van der Waals surface area contributed by atoms with Gasteiger partial charge in [0.2, 0.25) is 0 Å². The van der Waals surface area contributed by atoms with E-state index in [2.05, 4.69) is 26.9 Å². The van der Waals surface area contributed by atoms with Crippen molar-refractivity contribution in [1.29, 1.82) is 0 Å². The lowest BCUT2D eigenvalue weighted by atomic mass is 10.2. The van der Waals surface area contributed by atoms with Crippen molar-refractivity contribution < 1.29 is 19.5 Å². The van der Waals surface area contributed by atoms with E-state index in [0.717, 1.165) is 31.8 Å². The molecule has 1 atom stereocenters. The smallest absolute Gasteiger partial charge is 0.194 e. The molecule has 0 bridgehead atoms. The fraction of sp³-hybridized carbons (Fsp3) is 0.409. The molecule has 3 aromatic rings. The fourth-order valence-corrected chi connectivity index (χ4v) is 3.55. The van der Waals surface area contributed by atoms with Crippen molar-refractivity contribution in [2.24, 2.45) is 0 Å². The van der Waals surface area contributed by atoms with Crippen LogP contribution < -0.4 is 14.8 Å². The third-order valence-electron chi connectivity index (χ3n) is 5.23. The number of tetrazole rings is 1. The van der Waals surface area contributed by atoms with Crippen LogP contribution in [0.1, 0.15) is 29.8 Å². The Balaban J connectivity index is 1.37. The molecule has 30 heavy (non-hydrogen) atoms. The summed E-state index contributed by atoms with van der Waals surface area (Å²) in [6, 6.07) is 14.0. The van der Waals surface area contributed by atoms with Gasteiger partial charge in [-0.3, -0.25) is 0 Å². The number of hydrogen-bond donors (Lipinski definition) is 1. The number of nitrogens with zero attached hydrogens (tertiary/aromatic N) is 4. The van der Waals surface area contributed by atoms with Gasteiger partial charge in [0.25, 0.3) is 0 Å². The standard InChI is InChI=1S/C22H27N5O3/c1-16-5-8-18(9-6-16)27-22(24-25-26-27)15-30-20-10-7-17(12-21(20)28-2)13-23-14-19-4-3-11-29-19/h5-10,12,19,23H,3-4,11,13-15H2,1-2H3/p+1/t19-/m0/s1. The molecule has 1 aliphatic rings. The molecule has 1 aromatic heterocycles. The number of rotatable bonds is 9. The normalized spacial score (nSPS) is 16.0. The van der Waals surface area contributed by atoms with Gasteiger partial charge in [0, 0.05) is 12.2 Å². The largest absolute Gasteiger partial charge is 0.493 e. The average Bonchev–Trinajstić information content (AvgIpc) is 3.45. The van der Waals surface area contributed by atoms with Crippen molar-refractivity contribution in [2.75, 3.05) is 20.3 Å². The first-order chi connectivity index (χ1) is 14.7. The summed E-state index contributed by atoms with van der Waals surface area (Å²) in [6.07, 6.45) is 2.72. The Morgan fingerprint density at radius 2 is 2.03 bits per heavy atom. The van der Waals surface area contributed by atoms with Crippen molar-refractivity contribution in [2.45, 2.75) is 39.0 Å². The second kappa shape index (κ2) is 9.69. The number of aromatic nitrogens is 4. The molecular weight excluding hydrogens is 382 g/mol. The summed E-state index contributed by atoms with van der Waals surface area (Å²) in [4.78, 5) is 0. The first-order valence-corrected chi connectivity index (χ1v) is 10.3. The Morgan fingerprint density at radius 1 is 1.17 bits per heavy atom. The van der Waals surface area contributed by atoms with Gasteiger partial charge in [0.1, 0.15) is 19.2 Å². The molecule has 8 nitrogen and oxygen atoms in total. The summed E-state index contributed by atoms with van der Waals surface area (Å²) in [7, 11) is 1.65. The predicted molar refractivity (Wildman–Crippen MR) is 111 cm³/mol. The molecule has 1 saturated heterocycles. The zero-order valence-electron chi connectivity index (χ0n) is 17.5. The minimum Gasteiger partial charge on any atom is -0.493 e. The Hall–Kier alpha value is -2.97. The highest BCUT2D eigenvalue weighted by molar-refractivity contribution is 5.43. The summed E-state index contributed by atoms with van der Waals surface area (Å²) < 4.78 is 18.9. The number of nitrogens with two attached hydrogens (primary N) is 1. The van der Waals surface area contributed by atoms with Crippen LogP contribution in [0.25, 0.3) is 5.69 Å². The predicted octanol–water partition coefficient (Wildman–Crippen LogP) is 1.80. The number of quaternary nitrogens is 1. The molecule has 0 radical (unpaired) electrons. The highest BCUT2D eigenvalue weighted by Gasteiger charge is 2.17. The lowest BCUT2D eigenvalue weighted by molar-refractivity contribution is -0.676. The lowest BCUT2D eigenvalue weighted by Crippen LogP contribution is -2.84. The minimum atomic E-state index is 0.238. The van der Waals surface area contributed by atoms with E-state index in [1.807, 2.05) is 43.3 Å². The van der Waals surface area contributed by atoms with Crippen molar-refractivity contribution in [3.05, 3.63) is 59.4 Å². The van der Waals surface area contributed by atoms with Gasteiger partial charge in [-0.2, -0.15) is 4.68 Å². The van der Waals surface area contributed by atoms with Gasteiger partial charge in [-0.25, -0.2) is 0 Å². The van der Waals surface area contributed by atoms with Crippen LogP contribution in [0, 0.1) is 6.92 Å². The van der Waals surface area contributed by atoms with Crippen LogP contribution in [0.2, 0.25) is 0 Å². The van der Waals surface area contributed by atoms with Gasteiger partial charge in [-0.1, -0.05) is 17.7 Å². The first-order valence-electron chi connectivity index (χ1n) is 10.3. The maximum absolute atomic E-state index is 5.98. The van der Waals surface area contributed by atoms with Crippen LogP contribution in [-0.4, -0.2) is 46.6 Å². The molecule has 158 valence electrons. The second-order valence-corrected chi connectivity index (χ2v) is 7.48. The maximum Gasteiger partial charge on any atom is 0.194 e. The summed E-state index contributed by atoms with van der Waals surface area (Å²) in [5, 5.41) is 14.3. The molecule has 0 aliphatic carbocycles. The molecule has 2 heterocycles. The Bertz CT molecular complexity index is 952. The molecule has 1 fully saturated rings. The SMILES string of the molecule is COc1cc(C[NH2+]C[C@@H]2CCCO2)ccc1OCc1nnnn1-c1ccc(C)cc1. The summed E-state index contributed by atoms with van der Waals surface area (Å²) in [5.41, 5.74) is 3.26. The van der Waals surface area contributed by atoms with Crippen LogP contribution in [0.3, 0.4) is 0 Å². The van der Waals surface area contributed by atoms with Crippen molar-refractivity contribution in [3.8, 4) is 17.2 Å². The van der Waals surface area contributed by atoms with Gasteiger partial charge >= 0.3 is 0 Å². The van der Waals surface area contributed by atoms with Gasteiger partial charge in [-0.05, 0) is 60.5 Å². The van der Waals surface area contributed by atoms with E-state index >= 15 is 0 Å². The van der Waals surface area contributed by atoms with Gasteiger partial charge in [-0.15, -0.1) is 5.10 Å². The van der Waals surface area contributed by atoms with E-state index in [-0.39, 0.29) is 6.61 Å². The molecular formula is C22H28N5O3+. The van der Waals surface area contributed by atoms with Gasteiger partial charge in [0.15, 0.2) is 23.9 Å². The average molecular weight is 410 g/mol. The van der Waals surface area contributed by atoms with Crippen LogP contribution >= 0.6 is 0 Å². The molecule has 0 saturated carbocycles. The van der Waals surface area contributed by atoms with Crippen molar-refractivity contribution in [3.63, 3.8) is 0 Å². The van der Waals surface area contributed by atoms with E-state index < -0.39 is 0 Å². The lowest BCUT2D eigenvalue weighted by Gasteiger charge is -2.13. The molecule has 0 amide bonds. The molecule has 2 N–H and O–H groups in total. The molecule has 4 rings (SSSR count). The number of ether oxygens (including phenoxy) is 3. The van der Waals surface area contributed by atoms with Crippen LogP contribution in [-0.2, 0) is 17.9 Å². The molecule has 0 spiro atoms. The Kier molecular flexibility index (Phi) is 6.56. The zero-order chi connectivity index (χ0) is 20.8. The highest BCUT2D eigenvalue weighted by Crippen LogP contribution is 2.28. The van der Waals surface area contributed by atoms with Crippen molar-refractivity contribution >= 4 is 0 Å². The topological polar surface area (TPSA) is 87.9 Å². The second-order valence-electron chi connectivity index (χ2n) is 7.48. The summed E-state index contributed by atoms with van der Waals surface area (Å²) in [6.45, 7) is 5.04. The van der Waals surface area contributed by atoms with Crippen molar-refractivity contribution in [1.82, 2.24) is 20.2 Å². The van der Waals surface area contributed by atoms with Crippen LogP contribution in [0.4, 0.5) is 0 Å². The minimum absolute atomic E-state index is 0.238. The van der Waals surface area contributed by atoms with E-state index in [1.54, 1.807) is 11.8 Å². The Labute approximate surface area is 176 Å².